The molecule has 2 heterocycles. The highest BCUT2D eigenvalue weighted by molar-refractivity contribution is 5.81. The normalized spacial score (nSPS) is 15.0. The zero-order valence-electron chi connectivity index (χ0n) is 9.96. The van der Waals surface area contributed by atoms with Crippen molar-refractivity contribution in [1.82, 2.24) is 14.9 Å². The fraction of sp³-hybridized carbons (Fsp3) is 0.545. The van der Waals surface area contributed by atoms with Gasteiger partial charge in [-0.2, -0.15) is 0 Å². The number of anilines is 2. The number of carbonyl (C=O) groups is 1. The van der Waals surface area contributed by atoms with Gasteiger partial charge in [-0.25, -0.2) is 4.98 Å². The third kappa shape index (κ3) is 2.83. The monoisotopic (exact) mass is 235 g/mol. The highest BCUT2D eigenvalue weighted by Crippen LogP contribution is 2.11. The van der Waals surface area contributed by atoms with Crippen LogP contribution in [0.1, 0.15) is 12.8 Å². The van der Waals surface area contributed by atoms with Crippen molar-refractivity contribution in [3.05, 3.63) is 12.4 Å². The Kier molecular flexibility index (Phi) is 3.41. The summed E-state index contributed by atoms with van der Waals surface area (Å²) in [4.78, 5) is 23.7. The lowest BCUT2D eigenvalue weighted by Crippen LogP contribution is -2.37. The third-order valence-electron chi connectivity index (χ3n) is 2.86. The van der Waals surface area contributed by atoms with Gasteiger partial charge in [-0.15, -0.1) is 0 Å². The van der Waals surface area contributed by atoms with Crippen LogP contribution in [0, 0.1) is 0 Å². The van der Waals surface area contributed by atoms with Crippen molar-refractivity contribution in [3.63, 3.8) is 0 Å². The van der Waals surface area contributed by atoms with E-state index in [0.717, 1.165) is 25.9 Å². The largest absolute Gasteiger partial charge is 0.382 e. The summed E-state index contributed by atoms with van der Waals surface area (Å²) in [6, 6.07) is 0. The van der Waals surface area contributed by atoms with E-state index in [4.69, 9.17) is 5.73 Å². The van der Waals surface area contributed by atoms with E-state index in [1.165, 1.54) is 6.20 Å². The number of carbonyl (C=O) groups excluding carboxylic acids is 1. The quantitative estimate of drug-likeness (QED) is 0.805. The Morgan fingerprint density at radius 1 is 1.47 bits per heavy atom. The highest BCUT2D eigenvalue weighted by atomic mass is 16.2. The summed E-state index contributed by atoms with van der Waals surface area (Å²) >= 11 is 0. The first-order chi connectivity index (χ1) is 8.16. The molecule has 0 aliphatic carbocycles. The molecule has 1 aromatic heterocycles. The van der Waals surface area contributed by atoms with Gasteiger partial charge in [0.15, 0.2) is 0 Å². The van der Waals surface area contributed by atoms with Crippen LogP contribution >= 0.6 is 0 Å². The van der Waals surface area contributed by atoms with Crippen molar-refractivity contribution >= 4 is 17.5 Å². The molecule has 0 atom stereocenters. The molecule has 0 bridgehead atoms. The van der Waals surface area contributed by atoms with Crippen molar-refractivity contribution in [2.45, 2.75) is 12.8 Å². The van der Waals surface area contributed by atoms with E-state index in [1.54, 1.807) is 11.1 Å². The van der Waals surface area contributed by atoms with E-state index in [-0.39, 0.29) is 5.91 Å². The molecule has 0 aromatic carbocycles. The van der Waals surface area contributed by atoms with Crippen LogP contribution in [0.15, 0.2) is 12.4 Å². The van der Waals surface area contributed by atoms with Gasteiger partial charge in [-0.1, -0.05) is 0 Å². The maximum atomic E-state index is 11.9. The number of likely N-dealkylation sites (N-methyl/N-ethyl adjacent to an activating group) is 1. The van der Waals surface area contributed by atoms with Gasteiger partial charge in [-0.3, -0.25) is 9.78 Å². The first-order valence-electron chi connectivity index (χ1n) is 5.73. The van der Waals surface area contributed by atoms with Crippen LogP contribution in [0.25, 0.3) is 0 Å². The number of nitrogens with zero attached hydrogens (tertiary/aromatic N) is 4. The standard InChI is InChI=1S/C11H17N5O/c1-15(10-7-13-6-9(12)14-10)8-11(17)16-4-2-3-5-16/h6-7H,2-5,8H2,1H3,(H2,12,14). The molecule has 2 N–H and O–H groups in total. The van der Waals surface area contributed by atoms with Crippen LogP contribution in [0.5, 0.6) is 0 Å². The molecule has 1 fully saturated rings. The van der Waals surface area contributed by atoms with Crippen LogP contribution in [0.2, 0.25) is 0 Å². The number of hydrogen-bond acceptors (Lipinski definition) is 5. The number of nitrogen functional groups attached to an aromatic ring is 1. The minimum atomic E-state index is 0.134. The van der Waals surface area contributed by atoms with Crippen LogP contribution < -0.4 is 10.6 Å². The van der Waals surface area contributed by atoms with Crippen molar-refractivity contribution in [1.29, 1.82) is 0 Å². The van der Waals surface area contributed by atoms with E-state index in [1.807, 2.05) is 11.9 Å². The Labute approximate surface area is 100 Å². The molecule has 0 saturated carbocycles. The number of aromatic nitrogens is 2. The summed E-state index contributed by atoms with van der Waals surface area (Å²) in [5.41, 5.74) is 5.55. The Morgan fingerprint density at radius 3 is 2.82 bits per heavy atom. The van der Waals surface area contributed by atoms with Gasteiger partial charge < -0.3 is 15.5 Å². The Bertz CT molecular complexity index is 403. The predicted molar refractivity (Wildman–Crippen MR) is 65.5 cm³/mol. The Morgan fingerprint density at radius 2 is 2.18 bits per heavy atom. The van der Waals surface area contributed by atoms with Gasteiger partial charge >= 0.3 is 0 Å². The summed E-state index contributed by atoms with van der Waals surface area (Å²) in [5, 5.41) is 0. The minimum absolute atomic E-state index is 0.134. The van der Waals surface area contributed by atoms with E-state index in [9.17, 15) is 4.79 Å². The fourth-order valence-corrected chi connectivity index (χ4v) is 1.90. The highest BCUT2D eigenvalue weighted by Gasteiger charge is 2.19. The van der Waals surface area contributed by atoms with E-state index < -0.39 is 0 Å². The fourth-order valence-electron chi connectivity index (χ4n) is 1.90. The molecule has 6 heteroatoms. The second-order valence-electron chi connectivity index (χ2n) is 4.25. The molecule has 2 rings (SSSR count). The van der Waals surface area contributed by atoms with Crippen LogP contribution in [0.3, 0.4) is 0 Å². The van der Waals surface area contributed by atoms with E-state index >= 15 is 0 Å². The predicted octanol–water partition coefficient (Wildman–Crippen LogP) is 0.117. The molecular weight excluding hydrogens is 218 g/mol. The molecule has 1 aliphatic heterocycles. The molecule has 1 aromatic rings. The summed E-state index contributed by atoms with van der Waals surface area (Å²) in [5.74, 6) is 1.12. The lowest BCUT2D eigenvalue weighted by Gasteiger charge is -2.21. The summed E-state index contributed by atoms with van der Waals surface area (Å²) < 4.78 is 0. The number of likely N-dealkylation sites (tertiary alicyclic amines) is 1. The van der Waals surface area contributed by atoms with Crippen LogP contribution in [0.4, 0.5) is 11.6 Å². The Hall–Kier alpha value is -1.85. The molecule has 0 spiro atoms. The molecule has 6 nitrogen and oxygen atoms in total. The number of nitrogens with two attached hydrogens (primary N) is 1. The summed E-state index contributed by atoms with van der Waals surface area (Å²) in [6.45, 7) is 2.06. The molecule has 1 aliphatic rings. The molecule has 1 amide bonds. The van der Waals surface area contributed by atoms with Crippen molar-refractivity contribution in [2.24, 2.45) is 0 Å². The maximum absolute atomic E-state index is 11.9. The molecule has 0 unspecified atom stereocenters. The van der Waals surface area contributed by atoms with E-state index in [0.29, 0.717) is 18.2 Å². The van der Waals surface area contributed by atoms with E-state index in [2.05, 4.69) is 9.97 Å². The van der Waals surface area contributed by atoms with Gasteiger partial charge in [0.05, 0.1) is 18.9 Å². The maximum Gasteiger partial charge on any atom is 0.242 e. The zero-order valence-corrected chi connectivity index (χ0v) is 9.96. The number of amides is 1. The van der Waals surface area contributed by atoms with Gasteiger partial charge in [0, 0.05) is 20.1 Å². The molecule has 92 valence electrons. The second-order valence-corrected chi connectivity index (χ2v) is 4.25. The first kappa shape index (κ1) is 11.6. The zero-order chi connectivity index (χ0) is 12.3. The molecule has 0 radical (unpaired) electrons. The third-order valence-corrected chi connectivity index (χ3v) is 2.86. The van der Waals surface area contributed by atoms with Gasteiger partial charge in [0.1, 0.15) is 11.6 Å². The molecular formula is C11H17N5O. The summed E-state index contributed by atoms with van der Waals surface area (Å²) in [6.07, 6.45) is 5.30. The average molecular weight is 235 g/mol. The average Bonchev–Trinajstić information content (AvgIpc) is 2.82. The van der Waals surface area contributed by atoms with Gasteiger partial charge in [0.25, 0.3) is 0 Å². The number of rotatable bonds is 3. The van der Waals surface area contributed by atoms with Crippen molar-refractivity contribution < 1.29 is 4.79 Å². The van der Waals surface area contributed by atoms with Crippen LogP contribution in [-0.4, -0.2) is 47.5 Å². The topological polar surface area (TPSA) is 75.4 Å². The van der Waals surface area contributed by atoms with Gasteiger partial charge in [0.2, 0.25) is 5.91 Å². The number of hydrogen-bond donors (Lipinski definition) is 1. The van der Waals surface area contributed by atoms with Crippen molar-refractivity contribution in [3.8, 4) is 0 Å². The minimum Gasteiger partial charge on any atom is -0.382 e. The first-order valence-corrected chi connectivity index (χ1v) is 5.73. The SMILES string of the molecule is CN(CC(=O)N1CCCC1)c1cncc(N)n1. The smallest absolute Gasteiger partial charge is 0.242 e. The van der Waals surface area contributed by atoms with Crippen LogP contribution in [-0.2, 0) is 4.79 Å². The molecule has 17 heavy (non-hydrogen) atoms. The van der Waals surface area contributed by atoms with Crippen molar-refractivity contribution in [2.75, 3.05) is 37.3 Å². The lowest BCUT2D eigenvalue weighted by atomic mass is 10.4. The second kappa shape index (κ2) is 4.99. The molecule has 1 saturated heterocycles. The summed E-state index contributed by atoms with van der Waals surface area (Å²) in [7, 11) is 1.82. The Balaban J connectivity index is 1.96. The lowest BCUT2D eigenvalue weighted by molar-refractivity contribution is -0.128. The van der Waals surface area contributed by atoms with Gasteiger partial charge in [-0.05, 0) is 12.8 Å².